The Labute approximate surface area is 248 Å². The van der Waals surface area contributed by atoms with Crippen LogP contribution in [0.1, 0.15) is 25.7 Å². The summed E-state index contributed by atoms with van der Waals surface area (Å²) in [6.45, 7) is 4.23. The number of hydrogen-bond donors (Lipinski definition) is 2. The van der Waals surface area contributed by atoms with E-state index in [1.807, 2.05) is 24.3 Å². The molecule has 8 rings (SSSR count). The fourth-order valence-corrected chi connectivity index (χ4v) is 7.80. The van der Waals surface area contributed by atoms with Gasteiger partial charge in [0.2, 0.25) is 0 Å². The van der Waals surface area contributed by atoms with Crippen molar-refractivity contribution >= 4 is 39.1 Å². The van der Waals surface area contributed by atoms with Crippen molar-refractivity contribution in [2.75, 3.05) is 44.4 Å². The van der Waals surface area contributed by atoms with Gasteiger partial charge < -0.3 is 24.8 Å². The summed E-state index contributed by atoms with van der Waals surface area (Å²) < 4.78 is 28.6. The minimum absolute atomic E-state index is 0.0417. The van der Waals surface area contributed by atoms with Crippen LogP contribution in [-0.4, -0.2) is 83.6 Å². The second-order valence-corrected chi connectivity index (χ2v) is 12.4. The van der Waals surface area contributed by atoms with Crippen LogP contribution in [0.3, 0.4) is 0 Å². The molecule has 1 aromatic heterocycles. The minimum Gasteiger partial charge on any atom is -0.508 e. The van der Waals surface area contributed by atoms with Gasteiger partial charge in [0.05, 0.1) is 18.2 Å². The summed E-state index contributed by atoms with van der Waals surface area (Å²) in [5, 5.41) is 16.5. The molecule has 4 fully saturated rings. The molecule has 4 saturated heterocycles. The smallest absolute Gasteiger partial charge is 0.319 e. The summed E-state index contributed by atoms with van der Waals surface area (Å²) in [6.07, 6.45) is 4.51. The van der Waals surface area contributed by atoms with Crippen LogP contribution in [0, 0.1) is 5.82 Å². The largest absolute Gasteiger partial charge is 0.508 e. The molecular formula is C32H33ClFN5O3. The van der Waals surface area contributed by atoms with Gasteiger partial charge in [-0.15, -0.1) is 0 Å². The summed E-state index contributed by atoms with van der Waals surface area (Å²) in [5.74, 6) is 0.138. The highest BCUT2D eigenvalue weighted by molar-refractivity contribution is 6.35. The van der Waals surface area contributed by atoms with E-state index < -0.39 is 5.82 Å². The first kappa shape index (κ1) is 26.4. The maximum atomic E-state index is 16.7. The van der Waals surface area contributed by atoms with Crippen LogP contribution in [0.25, 0.3) is 32.8 Å². The second-order valence-electron chi connectivity index (χ2n) is 12.0. The van der Waals surface area contributed by atoms with E-state index in [0.29, 0.717) is 47.5 Å². The quantitative estimate of drug-likeness (QED) is 0.320. The van der Waals surface area contributed by atoms with Gasteiger partial charge in [-0.25, -0.2) is 4.39 Å². The van der Waals surface area contributed by atoms with Crippen LogP contribution >= 0.6 is 11.6 Å². The Morgan fingerprint density at radius 1 is 1.00 bits per heavy atom. The lowest BCUT2D eigenvalue weighted by Gasteiger charge is -2.35. The third kappa shape index (κ3) is 4.54. The molecule has 4 aliphatic rings. The van der Waals surface area contributed by atoms with Crippen LogP contribution < -0.4 is 15.0 Å². The van der Waals surface area contributed by atoms with E-state index in [1.165, 1.54) is 0 Å². The Kier molecular flexibility index (Phi) is 6.59. The molecule has 4 aliphatic heterocycles. The number of ether oxygens (including phenoxy) is 2. The molecule has 8 nitrogen and oxygen atoms in total. The number of anilines is 1. The van der Waals surface area contributed by atoms with Crippen LogP contribution in [0.5, 0.6) is 11.8 Å². The zero-order chi connectivity index (χ0) is 28.4. The van der Waals surface area contributed by atoms with Crippen LogP contribution in [-0.2, 0) is 4.74 Å². The van der Waals surface area contributed by atoms with E-state index in [-0.39, 0.29) is 27.9 Å². The molecule has 0 spiro atoms. The topological polar surface area (TPSA) is 83.0 Å². The molecule has 0 radical (unpaired) electrons. The van der Waals surface area contributed by atoms with E-state index in [9.17, 15) is 5.11 Å². The number of aromatic nitrogens is 2. The highest BCUT2D eigenvalue weighted by atomic mass is 35.5. The van der Waals surface area contributed by atoms with E-state index in [0.717, 1.165) is 69.3 Å². The minimum atomic E-state index is -0.550. The molecule has 0 aliphatic carbocycles. The van der Waals surface area contributed by atoms with Gasteiger partial charge >= 0.3 is 6.01 Å². The monoisotopic (exact) mass is 589 g/mol. The fraction of sp³-hybridized carbons (Fsp3) is 0.438. The number of fused-ring (bicyclic) bond motifs is 6. The molecule has 3 aromatic carbocycles. The lowest BCUT2D eigenvalue weighted by atomic mass is 9.96. The summed E-state index contributed by atoms with van der Waals surface area (Å²) in [5.41, 5.74) is 0.886. The highest BCUT2D eigenvalue weighted by Gasteiger charge is 2.37. The third-order valence-corrected chi connectivity index (χ3v) is 9.74. The molecule has 2 N–H and O–H groups in total. The highest BCUT2D eigenvalue weighted by Crippen LogP contribution is 2.43. The second kappa shape index (κ2) is 10.5. The van der Waals surface area contributed by atoms with Gasteiger partial charge in [-0.05, 0) is 60.2 Å². The van der Waals surface area contributed by atoms with Crippen molar-refractivity contribution in [2.45, 2.75) is 49.9 Å². The first-order valence-electron chi connectivity index (χ1n) is 14.9. The molecule has 10 heteroatoms. The molecule has 0 saturated carbocycles. The van der Waals surface area contributed by atoms with Gasteiger partial charge in [0.25, 0.3) is 0 Å². The zero-order valence-electron chi connectivity index (χ0n) is 23.2. The summed E-state index contributed by atoms with van der Waals surface area (Å²) in [7, 11) is 0. The molecule has 218 valence electrons. The van der Waals surface area contributed by atoms with E-state index in [1.54, 1.807) is 18.2 Å². The summed E-state index contributed by atoms with van der Waals surface area (Å²) in [6, 6.07) is 14.3. The maximum absolute atomic E-state index is 16.7. The zero-order valence-corrected chi connectivity index (χ0v) is 24.0. The number of benzene rings is 3. The van der Waals surface area contributed by atoms with E-state index in [2.05, 4.69) is 20.1 Å². The molecular weight excluding hydrogens is 557 g/mol. The van der Waals surface area contributed by atoms with Gasteiger partial charge in [0, 0.05) is 54.8 Å². The van der Waals surface area contributed by atoms with Gasteiger partial charge in [0.15, 0.2) is 5.82 Å². The maximum Gasteiger partial charge on any atom is 0.319 e. The first-order chi connectivity index (χ1) is 20.5. The summed E-state index contributed by atoms with van der Waals surface area (Å²) in [4.78, 5) is 14.2. The lowest BCUT2D eigenvalue weighted by molar-refractivity contribution is -0.0194. The molecule has 0 amide bonds. The van der Waals surface area contributed by atoms with Gasteiger partial charge in [-0.1, -0.05) is 35.9 Å². The third-order valence-electron chi connectivity index (χ3n) is 9.45. The van der Waals surface area contributed by atoms with E-state index in [4.69, 9.17) is 26.1 Å². The van der Waals surface area contributed by atoms with E-state index >= 15 is 4.39 Å². The molecule has 2 unspecified atom stereocenters. The normalized spacial score (nSPS) is 25.5. The Bertz CT molecular complexity index is 1660. The lowest BCUT2D eigenvalue weighted by Crippen LogP contribution is -2.51. The van der Waals surface area contributed by atoms with Crippen LogP contribution in [0.2, 0.25) is 5.02 Å². The Morgan fingerprint density at radius 2 is 1.76 bits per heavy atom. The summed E-state index contributed by atoms with van der Waals surface area (Å²) >= 11 is 6.86. The number of phenolic OH excluding ortho intramolecular Hbond substituents is 1. The van der Waals surface area contributed by atoms with Crippen molar-refractivity contribution in [3.8, 4) is 22.9 Å². The number of aromatic hydroxyl groups is 1. The van der Waals surface area contributed by atoms with Gasteiger partial charge in [-0.2, -0.15) is 9.97 Å². The number of nitrogens with zero attached hydrogens (tertiary/aromatic N) is 4. The molecule has 4 atom stereocenters. The Hall–Kier alpha value is -3.24. The number of hydrogen-bond acceptors (Lipinski definition) is 8. The number of phenols is 1. The predicted molar refractivity (Wildman–Crippen MR) is 161 cm³/mol. The predicted octanol–water partition coefficient (Wildman–Crippen LogP) is 5.13. The standard InChI is InChI=1S/C32H33ClFN5O3/c33-27-13-26-30(29(34)28(27)25-12-23(40)11-18-3-1-2-4-24(18)25)36-32(37-31(26)38-14-19-5-6-20(15-38)35-19)42-10-9-39-21-7-8-22(39)17-41-16-21/h1-4,11-13,19-22,35,40H,5-10,14-17H2/t19-,20+,21?,22?. The molecule has 5 heterocycles. The van der Waals surface area contributed by atoms with Crippen molar-refractivity contribution in [1.29, 1.82) is 0 Å². The fourth-order valence-electron chi connectivity index (χ4n) is 7.50. The van der Waals surface area contributed by atoms with Crippen molar-refractivity contribution in [1.82, 2.24) is 20.2 Å². The average Bonchev–Trinajstić information content (AvgIpc) is 3.43. The number of morpholine rings is 1. The SMILES string of the molecule is Oc1cc(-c2c(Cl)cc3c(N4C[C@H]5CC[C@@H](C4)N5)nc(OCCN4C5CCC4COC5)nc3c2F)c2ccccc2c1. The van der Waals surface area contributed by atoms with Crippen molar-refractivity contribution < 1.29 is 19.0 Å². The van der Waals surface area contributed by atoms with Gasteiger partial charge in [-0.3, -0.25) is 4.90 Å². The van der Waals surface area contributed by atoms with Crippen LogP contribution in [0.15, 0.2) is 42.5 Å². The Morgan fingerprint density at radius 3 is 2.55 bits per heavy atom. The van der Waals surface area contributed by atoms with Crippen LogP contribution in [0.4, 0.5) is 10.2 Å². The Balaban J connectivity index is 1.21. The van der Waals surface area contributed by atoms with Crippen molar-refractivity contribution in [3.63, 3.8) is 0 Å². The van der Waals surface area contributed by atoms with Crippen molar-refractivity contribution in [3.05, 3.63) is 53.3 Å². The number of piperazine rings is 1. The molecule has 4 aromatic rings. The number of rotatable bonds is 6. The number of nitrogens with one attached hydrogen (secondary N) is 1. The molecule has 42 heavy (non-hydrogen) atoms. The average molecular weight is 590 g/mol. The number of halogens is 2. The first-order valence-corrected chi connectivity index (χ1v) is 15.3. The van der Waals surface area contributed by atoms with Gasteiger partial charge in [0.1, 0.15) is 23.7 Å². The molecule has 4 bridgehead atoms. The van der Waals surface area contributed by atoms with Crippen molar-refractivity contribution in [2.24, 2.45) is 0 Å².